The van der Waals surface area contributed by atoms with Crippen LogP contribution in [0.25, 0.3) is 0 Å². The summed E-state index contributed by atoms with van der Waals surface area (Å²) >= 11 is 5.85. The fourth-order valence-corrected chi connectivity index (χ4v) is 5.37. The van der Waals surface area contributed by atoms with E-state index in [2.05, 4.69) is 46.4 Å². The van der Waals surface area contributed by atoms with Crippen molar-refractivity contribution >= 4 is 28.7 Å². The zero-order valence-electron chi connectivity index (χ0n) is 27.5. The van der Waals surface area contributed by atoms with Crippen LogP contribution < -0.4 is 0 Å². The molecule has 0 aliphatic heterocycles. The predicted octanol–water partition coefficient (Wildman–Crippen LogP) is 11.1. The highest BCUT2D eigenvalue weighted by molar-refractivity contribution is 6.46. The summed E-state index contributed by atoms with van der Waals surface area (Å²) in [7, 11) is 0. The lowest BCUT2D eigenvalue weighted by Gasteiger charge is -2.25. The second-order valence-electron chi connectivity index (χ2n) is 11.0. The lowest BCUT2D eigenvalue weighted by atomic mass is 9.82. The molecule has 1 aliphatic carbocycles. The van der Waals surface area contributed by atoms with Crippen LogP contribution in [-0.4, -0.2) is 30.2 Å². The number of allylic oxidation sites excluding steroid dienone is 4. The molecule has 0 saturated carbocycles. The smallest absolute Gasteiger partial charge is 0.127 e. The normalized spacial score (nSPS) is 14.1. The summed E-state index contributed by atoms with van der Waals surface area (Å²) < 4.78 is 14.0. The third-order valence-electron chi connectivity index (χ3n) is 7.98. The average molecular weight is 604 g/mol. The minimum Gasteiger partial charge on any atom is -0.298 e. The van der Waals surface area contributed by atoms with E-state index in [9.17, 15) is 4.39 Å². The van der Waals surface area contributed by atoms with Crippen LogP contribution in [0.15, 0.2) is 86.9 Å². The van der Waals surface area contributed by atoms with Crippen molar-refractivity contribution in [3.8, 4) is 0 Å². The topological polar surface area (TPSA) is 48.6 Å². The first kappa shape index (κ1) is 36.1. The summed E-state index contributed by atoms with van der Waals surface area (Å²) in [6, 6.07) is 13.1. The fourth-order valence-electron chi connectivity index (χ4n) is 5.21. The lowest BCUT2D eigenvalue weighted by Crippen LogP contribution is -2.15. The number of aryl methyl sites for hydroxylation is 2. The molecule has 0 unspecified atom stereocenters. The van der Waals surface area contributed by atoms with E-state index >= 15 is 0 Å². The standard InChI is InChI=1S/C36H45ClFN3.C2H6/c1-7-24(3)36(40-8-2)33-22-26(5)25(4)21-31(33)19-20-41-27(6)35(39)30-15-13-28(14-16-30)11-9-10-12-29-17-18-32(37)23-34(29)38;1-2/h13-18,23,39H,3,7-12,19-22H2,1-2,4-6H3;1-2H3. The second kappa shape index (κ2) is 18.5. The monoisotopic (exact) mass is 603 g/mol. The van der Waals surface area contributed by atoms with Gasteiger partial charge < -0.3 is 0 Å². The van der Waals surface area contributed by atoms with Crippen molar-refractivity contribution in [1.29, 1.82) is 5.41 Å². The number of halogens is 2. The minimum atomic E-state index is -0.229. The summed E-state index contributed by atoms with van der Waals surface area (Å²) in [5.74, 6) is -0.229. The Morgan fingerprint density at radius 3 is 2.21 bits per heavy atom. The highest BCUT2D eigenvalue weighted by atomic mass is 35.5. The van der Waals surface area contributed by atoms with E-state index in [1.165, 1.54) is 33.9 Å². The molecule has 0 amide bonds. The third-order valence-corrected chi connectivity index (χ3v) is 8.22. The molecule has 0 saturated heterocycles. The molecule has 0 aromatic heterocycles. The highest BCUT2D eigenvalue weighted by Gasteiger charge is 2.21. The van der Waals surface area contributed by atoms with Crippen LogP contribution in [0, 0.1) is 11.2 Å². The Morgan fingerprint density at radius 2 is 1.58 bits per heavy atom. The SMILES string of the molecule is C=C(CC)C(=NCC)C1=C(CCN=C(C)C(=N)c2ccc(CCCCc3ccc(Cl)cc3F)cc2)CC(C)=C(C)C1.CC. The molecular formula is C38H51ClFN3. The molecule has 0 heterocycles. The molecule has 1 N–H and O–H groups in total. The maximum Gasteiger partial charge on any atom is 0.127 e. The number of aliphatic imine (C=N–C) groups is 2. The first-order valence-corrected chi connectivity index (χ1v) is 16.2. The lowest BCUT2D eigenvalue weighted by molar-refractivity contribution is 0.600. The molecule has 1 aliphatic rings. The van der Waals surface area contributed by atoms with E-state index in [4.69, 9.17) is 27.0 Å². The van der Waals surface area contributed by atoms with Crippen LogP contribution in [0.2, 0.25) is 5.02 Å². The third kappa shape index (κ3) is 10.8. The van der Waals surface area contributed by atoms with Gasteiger partial charge in [-0.1, -0.05) is 86.0 Å². The van der Waals surface area contributed by atoms with Gasteiger partial charge in [-0.15, -0.1) is 0 Å². The van der Waals surface area contributed by atoms with Crippen molar-refractivity contribution in [3.63, 3.8) is 0 Å². The first-order chi connectivity index (χ1) is 20.6. The van der Waals surface area contributed by atoms with Crippen molar-refractivity contribution < 1.29 is 4.39 Å². The van der Waals surface area contributed by atoms with Crippen molar-refractivity contribution in [2.75, 3.05) is 13.1 Å². The van der Waals surface area contributed by atoms with Gasteiger partial charge in [0.1, 0.15) is 5.82 Å². The molecule has 0 bridgehead atoms. The Kier molecular flexibility index (Phi) is 15.6. The number of hydrogen-bond donors (Lipinski definition) is 1. The van der Waals surface area contributed by atoms with Gasteiger partial charge in [-0.25, -0.2) is 4.39 Å². The number of hydrogen-bond acceptors (Lipinski definition) is 3. The zero-order chi connectivity index (χ0) is 31.9. The van der Waals surface area contributed by atoms with Crippen LogP contribution in [0.1, 0.15) is 104 Å². The summed E-state index contributed by atoms with van der Waals surface area (Å²) in [4.78, 5) is 9.65. The van der Waals surface area contributed by atoms with Crippen LogP contribution >= 0.6 is 11.6 Å². The molecule has 5 heteroatoms. The molecular weight excluding hydrogens is 553 g/mol. The summed E-state index contributed by atoms with van der Waals surface area (Å²) in [6.45, 7) is 20.3. The van der Waals surface area contributed by atoms with Gasteiger partial charge in [0, 0.05) is 23.7 Å². The van der Waals surface area contributed by atoms with Crippen LogP contribution in [0.5, 0.6) is 0 Å². The Balaban J connectivity index is 0.00000316. The molecule has 0 radical (unpaired) electrons. The molecule has 0 atom stereocenters. The molecule has 3 nitrogen and oxygen atoms in total. The molecule has 0 fully saturated rings. The molecule has 2 aromatic rings. The minimum absolute atomic E-state index is 0.229. The number of benzene rings is 2. The number of nitrogens with one attached hydrogen (secondary N) is 1. The molecule has 43 heavy (non-hydrogen) atoms. The Hall–Kier alpha value is -3.11. The Morgan fingerprint density at radius 1 is 0.930 bits per heavy atom. The zero-order valence-corrected chi connectivity index (χ0v) is 28.2. The maximum absolute atomic E-state index is 14.0. The van der Waals surface area contributed by atoms with E-state index in [0.717, 1.165) is 74.1 Å². The van der Waals surface area contributed by atoms with Gasteiger partial charge >= 0.3 is 0 Å². The first-order valence-electron chi connectivity index (χ1n) is 15.9. The predicted molar refractivity (Wildman–Crippen MR) is 187 cm³/mol. The molecule has 3 rings (SSSR count). The second-order valence-corrected chi connectivity index (χ2v) is 11.4. The Bertz CT molecular complexity index is 1380. The average Bonchev–Trinajstić information content (AvgIpc) is 3.01. The van der Waals surface area contributed by atoms with Crippen LogP contribution in [0.4, 0.5) is 4.39 Å². The van der Waals surface area contributed by atoms with Gasteiger partial charge in [-0.2, -0.15) is 0 Å². The van der Waals surface area contributed by atoms with Gasteiger partial charge in [0.2, 0.25) is 0 Å². The molecule has 2 aromatic carbocycles. The fraction of sp³-hybridized carbons (Fsp3) is 0.447. The van der Waals surface area contributed by atoms with E-state index in [1.54, 1.807) is 12.1 Å². The van der Waals surface area contributed by atoms with Crippen molar-refractivity contribution in [2.24, 2.45) is 9.98 Å². The van der Waals surface area contributed by atoms with E-state index in [0.29, 0.717) is 29.3 Å². The highest BCUT2D eigenvalue weighted by Crippen LogP contribution is 2.34. The quantitative estimate of drug-likeness (QED) is 0.127. The van der Waals surface area contributed by atoms with Gasteiger partial charge in [-0.05, 0) is 113 Å². The number of nitrogens with zero attached hydrogens (tertiary/aromatic N) is 2. The van der Waals surface area contributed by atoms with Gasteiger partial charge in [0.15, 0.2) is 0 Å². The number of unbranched alkanes of at least 4 members (excludes halogenated alkanes) is 1. The summed E-state index contributed by atoms with van der Waals surface area (Å²) in [6.07, 6.45) is 7.17. The van der Waals surface area contributed by atoms with E-state index in [-0.39, 0.29) is 5.82 Å². The van der Waals surface area contributed by atoms with Gasteiger partial charge in [-0.3, -0.25) is 15.4 Å². The Labute approximate surface area is 265 Å². The van der Waals surface area contributed by atoms with Crippen LogP contribution in [0.3, 0.4) is 0 Å². The summed E-state index contributed by atoms with van der Waals surface area (Å²) in [5.41, 5.74) is 11.8. The van der Waals surface area contributed by atoms with Gasteiger partial charge in [0.25, 0.3) is 0 Å². The van der Waals surface area contributed by atoms with Crippen LogP contribution in [-0.2, 0) is 12.8 Å². The maximum atomic E-state index is 14.0. The van der Waals surface area contributed by atoms with E-state index < -0.39 is 0 Å². The van der Waals surface area contributed by atoms with E-state index in [1.807, 2.05) is 32.9 Å². The number of rotatable bonds is 14. The van der Waals surface area contributed by atoms with Gasteiger partial charge in [0.05, 0.1) is 17.1 Å². The van der Waals surface area contributed by atoms with Crippen molar-refractivity contribution in [3.05, 3.63) is 104 Å². The van der Waals surface area contributed by atoms with Crippen molar-refractivity contribution in [1.82, 2.24) is 0 Å². The van der Waals surface area contributed by atoms with Crippen molar-refractivity contribution in [2.45, 2.75) is 99.8 Å². The molecule has 232 valence electrons. The molecule has 0 spiro atoms. The summed E-state index contributed by atoms with van der Waals surface area (Å²) in [5, 5.41) is 9.13. The largest absolute Gasteiger partial charge is 0.298 e.